The number of oxime groups is 1. The first-order valence-electron chi connectivity index (χ1n) is 3.11. The van der Waals surface area contributed by atoms with Gasteiger partial charge in [-0.25, -0.2) is 0 Å². The van der Waals surface area contributed by atoms with E-state index in [2.05, 4.69) is 20.1 Å². The van der Waals surface area contributed by atoms with Gasteiger partial charge in [0.15, 0.2) is 5.84 Å². The molecule has 0 bridgehead atoms. The summed E-state index contributed by atoms with van der Waals surface area (Å²) in [4.78, 5) is 0. The van der Waals surface area contributed by atoms with Crippen molar-refractivity contribution >= 4 is 17.1 Å². The van der Waals surface area contributed by atoms with Crippen LogP contribution >= 0.6 is 0 Å². The predicted molar refractivity (Wildman–Crippen MR) is 42.4 cm³/mol. The summed E-state index contributed by atoms with van der Waals surface area (Å²) in [5.74, 6) is 3.12. The highest BCUT2D eigenvalue weighted by Crippen LogP contribution is 2.07. The van der Waals surface area contributed by atoms with Crippen LogP contribution in [0.4, 0.5) is 0 Å². The van der Waals surface area contributed by atoms with Gasteiger partial charge in [-0.1, -0.05) is 12.1 Å². The lowest BCUT2D eigenvalue weighted by molar-refractivity contribution is 0.383. The average Bonchev–Trinajstić information content (AvgIpc) is 2.36. The van der Waals surface area contributed by atoms with Gasteiger partial charge in [-0.05, 0) is 0 Å². The average molecular weight is 172 g/mol. The number of rotatable bonds is 2. The zero-order valence-corrected chi connectivity index (χ0v) is 6.85. The quantitative estimate of drug-likeness (QED) is 0.603. The minimum Gasteiger partial charge on any atom is -0.269 e. The van der Waals surface area contributed by atoms with Crippen LogP contribution in [0.15, 0.2) is 5.16 Å². The number of terminal acetylenes is 1. The maximum Gasteiger partial charge on any atom is 0.338 e. The largest absolute Gasteiger partial charge is 0.338 e. The second-order valence-corrected chi connectivity index (χ2v) is 3.02. The molecule has 0 aromatic rings. The SMILES string of the molecule is C#CC[C@@H](C)C1=NOS(=O)N1. The first-order valence-corrected chi connectivity index (χ1v) is 4.19. The molecule has 0 aliphatic carbocycles. The predicted octanol–water partition coefficient (Wildman–Crippen LogP) is 0.158. The van der Waals surface area contributed by atoms with Crippen molar-refractivity contribution in [3.8, 4) is 12.3 Å². The minimum atomic E-state index is -1.50. The third-order valence-corrected chi connectivity index (χ3v) is 1.87. The fraction of sp³-hybridized carbons (Fsp3) is 0.500. The van der Waals surface area contributed by atoms with Crippen molar-refractivity contribution in [2.24, 2.45) is 11.1 Å². The van der Waals surface area contributed by atoms with Crippen molar-refractivity contribution in [1.29, 1.82) is 0 Å². The summed E-state index contributed by atoms with van der Waals surface area (Å²) < 4.78 is 17.5. The van der Waals surface area contributed by atoms with E-state index >= 15 is 0 Å². The van der Waals surface area contributed by atoms with Crippen molar-refractivity contribution in [3.63, 3.8) is 0 Å². The van der Waals surface area contributed by atoms with Gasteiger partial charge in [0.25, 0.3) is 0 Å². The Morgan fingerprint density at radius 2 is 2.73 bits per heavy atom. The van der Waals surface area contributed by atoms with Crippen LogP contribution in [0.1, 0.15) is 13.3 Å². The highest BCUT2D eigenvalue weighted by molar-refractivity contribution is 7.79. The smallest absolute Gasteiger partial charge is 0.269 e. The lowest BCUT2D eigenvalue weighted by Gasteiger charge is -2.02. The van der Waals surface area contributed by atoms with Crippen molar-refractivity contribution < 1.29 is 8.49 Å². The number of nitrogens with zero attached hydrogens (tertiary/aromatic N) is 1. The Kier molecular flexibility index (Phi) is 2.49. The van der Waals surface area contributed by atoms with E-state index in [0.29, 0.717) is 12.3 Å². The number of hydrogen-bond acceptors (Lipinski definition) is 3. The normalized spacial score (nSPS) is 24.4. The summed E-state index contributed by atoms with van der Waals surface area (Å²) in [5, 5.41) is 3.55. The van der Waals surface area contributed by atoms with Crippen LogP contribution in [0.3, 0.4) is 0 Å². The van der Waals surface area contributed by atoms with E-state index in [0.717, 1.165) is 0 Å². The van der Waals surface area contributed by atoms with Gasteiger partial charge < -0.3 is 0 Å². The van der Waals surface area contributed by atoms with Gasteiger partial charge >= 0.3 is 11.3 Å². The highest BCUT2D eigenvalue weighted by Gasteiger charge is 2.19. The maximum atomic E-state index is 10.6. The summed E-state index contributed by atoms with van der Waals surface area (Å²) in [6.45, 7) is 1.89. The molecule has 1 unspecified atom stereocenters. The Hall–Kier alpha value is -1.02. The zero-order chi connectivity index (χ0) is 8.27. The third kappa shape index (κ3) is 1.95. The maximum absolute atomic E-state index is 10.6. The Labute approximate surface area is 67.8 Å². The molecular weight excluding hydrogens is 164 g/mol. The summed E-state index contributed by atoms with van der Waals surface area (Å²) >= 11 is -1.50. The molecule has 4 nitrogen and oxygen atoms in total. The van der Waals surface area contributed by atoms with E-state index < -0.39 is 11.3 Å². The molecule has 1 heterocycles. The standard InChI is InChI=1S/C6H8N2O2S/c1-3-4-5(2)6-7-10-11(9)8-6/h1,5H,4H2,2H3,(H,7,8)/t5-,11?/m1/s1. The fourth-order valence-corrected chi connectivity index (χ4v) is 1.26. The van der Waals surface area contributed by atoms with E-state index in [1.807, 2.05) is 6.92 Å². The Morgan fingerprint density at radius 3 is 3.18 bits per heavy atom. The van der Waals surface area contributed by atoms with Crippen LogP contribution in [0.25, 0.3) is 0 Å². The van der Waals surface area contributed by atoms with E-state index in [1.165, 1.54) is 0 Å². The van der Waals surface area contributed by atoms with Crippen LogP contribution in [0.5, 0.6) is 0 Å². The third-order valence-electron chi connectivity index (χ3n) is 1.28. The molecule has 0 amide bonds. The molecule has 11 heavy (non-hydrogen) atoms. The van der Waals surface area contributed by atoms with Crippen LogP contribution in [0.2, 0.25) is 0 Å². The first kappa shape index (κ1) is 8.08. The molecule has 1 N–H and O–H groups in total. The molecule has 0 saturated carbocycles. The number of hydrogen-bond donors (Lipinski definition) is 1. The molecule has 0 fully saturated rings. The second kappa shape index (κ2) is 3.39. The Balaban J connectivity index is 2.50. The fourth-order valence-electron chi connectivity index (χ4n) is 0.661. The molecule has 0 saturated heterocycles. The number of nitrogens with one attached hydrogen (secondary N) is 1. The summed E-state index contributed by atoms with van der Waals surface area (Å²) in [5.41, 5.74) is 0. The van der Waals surface area contributed by atoms with Crippen LogP contribution < -0.4 is 4.72 Å². The molecule has 60 valence electrons. The number of amidine groups is 1. The van der Waals surface area contributed by atoms with Crippen molar-refractivity contribution in [2.45, 2.75) is 13.3 Å². The molecule has 5 heteroatoms. The van der Waals surface area contributed by atoms with Gasteiger partial charge in [-0.2, -0.15) is 4.21 Å². The molecule has 0 aromatic carbocycles. The van der Waals surface area contributed by atoms with E-state index in [1.54, 1.807) is 0 Å². The van der Waals surface area contributed by atoms with Crippen LogP contribution in [-0.2, 0) is 15.6 Å². The first-order chi connectivity index (χ1) is 5.24. The van der Waals surface area contributed by atoms with Crippen LogP contribution in [0, 0.1) is 18.3 Å². The van der Waals surface area contributed by atoms with Crippen molar-refractivity contribution in [3.05, 3.63) is 0 Å². The Morgan fingerprint density at radius 1 is 2.00 bits per heavy atom. The van der Waals surface area contributed by atoms with Gasteiger partial charge in [0, 0.05) is 12.3 Å². The van der Waals surface area contributed by atoms with Gasteiger partial charge in [0.1, 0.15) is 0 Å². The molecule has 0 spiro atoms. The summed E-state index contributed by atoms with van der Waals surface area (Å²) in [6.07, 6.45) is 5.64. The van der Waals surface area contributed by atoms with Gasteiger partial charge in [-0.3, -0.25) is 9.01 Å². The summed E-state index contributed by atoms with van der Waals surface area (Å²) in [6, 6.07) is 0. The lowest BCUT2D eigenvalue weighted by atomic mass is 10.1. The van der Waals surface area contributed by atoms with Gasteiger partial charge in [0.05, 0.1) is 0 Å². The van der Waals surface area contributed by atoms with E-state index in [4.69, 9.17) is 6.42 Å². The van der Waals surface area contributed by atoms with Gasteiger partial charge in [0.2, 0.25) is 0 Å². The molecule has 2 atom stereocenters. The van der Waals surface area contributed by atoms with E-state index in [9.17, 15) is 4.21 Å². The van der Waals surface area contributed by atoms with Crippen molar-refractivity contribution in [2.75, 3.05) is 0 Å². The second-order valence-electron chi connectivity index (χ2n) is 2.20. The highest BCUT2D eigenvalue weighted by atomic mass is 32.2. The monoisotopic (exact) mass is 172 g/mol. The lowest BCUT2D eigenvalue weighted by Crippen LogP contribution is -2.25. The molecule has 0 aromatic heterocycles. The van der Waals surface area contributed by atoms with Crippen LogP contribution in [-0.4, -0.2) is 10.0 Å². The molecule has 1 aliphatic heterocycles. The molecule has 1 aliphatic rings. The zero-order valence-electron chi connectivity index (χ0n) is 6.03. The molecular formula is C6H8N2O2S. The van der Waals surface area contributed by atoms with Crippen molar-refractivity contribution in [1.82, 2.24) is 4.72 Å². The Bertz CT molecular complexity index is 243. The topological polar surface area (TPSA) is 50.7 Å². The van der Waals surface area contributed by atoms with E-state index in [-0.39, 0.29) is 5.92 Å². The summed E-state index contributed by atoms with van der Waals surface area (Å²) in [7, 11) is 0. The van der Waals surface area contributed by atoms with Gasteiger partial charge in [-0.15, -0.1) is 12.3 Å². The minimum absolute atomic E-state index is 0.0754. The molecule has 0 radical (unpaired) electrons. The molecule has 1 rings (SSSR count).